The quantitative estimate of drug-likeness (QED) is 0.503. The van der Waals surface area contributed by atoms with E-state index in [9.17, 15) is 18.0 Å². The van der Waals surface area contributed by atoms with Crippen LogP contribution in [0.15, 0.2) is 34.2 Å². The molecule has 1 heterocycles. The number of carbonyl (C=O) groups is 2. The summed E-state index contributed by atoms with van der Waals surface area (Å²) in [6, 6.07) is 6.75. The molecule has 1 saturated carbocycles. The first-order valence-electron chi connectivity index (χ1n) is 10.4. The zero-order valence-corrected chi connectivity index (χ0v) is 18.2. The molecule has 1 aliphatic heterocycles. The van der Waals surface area contributed by atoms with Gasteiger partial charge in [0.1, 0.15) is 5.84 Å². The molecule has 30 heavy (non-hydrogen) atoms. The van der Waals surface area contributed by atoms with Crippen LogP contribution in [0.3, 0.4) is 0 Å². The second kappa shape index (κ2) is 9.59. The molecule has 2 N–H and O–H groups in total. The highest BCUT2D eigenvalue weighted by Gasteiger charge is 2.30. The Kier molecular flexibility index (Phi) is 7.12. The monoisotopic (exact) mass is 435 g/mol. The Morgan fingerprint density at radius 1 is 1.27 bits per heavy atom. The molecule has 0 aromatic heterocycles. The number of esters is 1. The standard InChI is InChI=1S/C21H29N3O5S/c1-14-8-3-5-10-17(14)23-21(26)15(2)29-19(25)12-7-13-22-20-16-9-4-6-11-18(16)30(27,28)24-20/h4,6,9,11,14-15,17H,3,5,7-8,10,12-13H2,1-2H3,(H,22,24)(H,23,26)/t14-,15+,17-/m0/s1. The molecule has 0 radical (unpaired) electrons. The van der Waals surface area contributed by atoms with Crippen LogP contribution in [0.4, 0.5) is 0 Å². The number of hydrogen-bond donors (Lipinski definition) is 2. The minimum atomic E-state index is -3.57. The second-order valence-corrected chi connectivity index (χ2v) is 9.60. The van der Waals surface area contributed by atoms with Gasteiger partial charge in [-0.2, -0.15) is 0 Å². The fourth-order valence-electron chi connectivity index (χ4n) is 3.81. The molecule has 9 heteroatoms. The molecular formula is C21H29N3O5S. The van der Waals surface area contributed by atoms with E-state index in [1.165, 1.54) is 12.5 Å². The molecule has 3 rings (SSSR count). The first-order chi connectivity index (χ1) is 14.3. The molecule has 1 aliphatic carbocycles. The van der Waals surface area contributed by atoms with Crippen LogP contribution in [0.1, 0.15) is 57.9 Å². The Morgan fingerprint density at radius 2 is 2.00 bits per heavy atom. The maximum absolute atomic E-state index is 12.3. The van der Waals surface area contributed by atoms with E-state index in [-0.39, 0.29) is 35.6 Å². The molecular weight excluding hydrogens is 406 g/mol. The highest BCUT2D eigenvalue weighted by Crippen LogP contribution is 2.24. The number of rotatable bonds is 7. The number of nitrogens with zero attached hydrogens (tertiary/aromatic N) is 1. The molecule has 0 bridgehead atoms. The number of carbonyl (C=O) groups excluding carboxylic acids is 2. The Labute approximate surface area is 177 Å². The summed E-state index contributed by atoms with van der Waals surface area (Å²) in [5.74, 6) is -0.0163. The maximum Gasteiger partial charge on any atom is 0.306 e. The van der Waals surface area contributed by atoms with Gasteiger partial charge >= 0.3 is 5.97 Å². The Hall–Kier alpha value is -2.42. The molecule has 1 fully saturated rings. The summed E-state index contributed by atoms with van der Waals surface area (Å²) in [6.07, 6.45) is 4.00. The fraction of sp³-hybridized carbons (Fsp3) is 0.571. The van der Waals surface area contributed by atoms with Crippen molar-refractivity contribution in [3.8, 4) is 0 Å². The fourth-order valence-corrected chi connectivity index (χ4v) is 5.06. The number of amides is 1. The first-order valence-corrected chi connectivity index (χ1v) is 11.9. The Balaban J connectivity index is 1.43. The lowest BCUT2D eigenvalue weighted by atomic mass is 9.86. The van der Waals surface area contributed by atoms with Gasteiger partial charge in [0, 0.05) is 24.6 Å². The molecule has 1 aromatic carbocycles. The van der Waals surface area contributed by atoms with Crippen molar-refractivity contribution in [3.05, 3.63) is 29.8 Å². The number of aliphatic imine (C=N–C) groups is 1. The summed E-state index contributed by atoms with van der Waals surface area (Å²) in [7, 11) is -3.57. The van der Waals surface area contributed by atoms with Crippen LogP contribution in [0.25, 0.3) is 0 Å². The van der Waals surface area contributed by atoms with E-state index in [0.29, 0.717) is 17.9 Å². The molecule has 0 saturated heterocycles. The average molecular weight is 436 g/mol. The summed E-state index contributed by atoms with van der Waals surface area (Å²) in [4.78, 5) is 28.8. The molecule has 1 amide bonds. The van der Waals surface area contributed by atoms with Crippen molar-refractivity contribution in [2.75, 3.05) is 6.54 Å². The van der Waals surface area contributed by atoms with E-state index in [1.807, 2.05) is 0 Å². The van der Waals surface area contributed by atoms with Gasteiger partial charge in [-0.3, -0.25) is 19.3 Å². The second-order valence-electron chi connectivity index (χ2n) is 7.94. The third-order valence-electron chi connectivity index (χ3n) is 5.59. The molecule has 0 spiro atoms. The van der Waals surface area contributed by atoms with Crippen LogP contribution in [0.2, 0.25) is 0 Å². The zero-order valence-electron chi connectivity index (χ0n) is 17.4. The SMILES string of the molecule is C[C@@H](OC(=O)CCCN=C1NS(=O)(=O)c2ccccc21)C(=O)N[C@H]1CCCC[C@@H]1C. The van der Waals surface area contributed by atoms with Gasteiger partial charge < -0.3 is 10.1 Å². The summed E-state index contributed by atoms with van der Waals surface area (Å²) in [5, 5.41) is 2.99. The Bertz CT molecular complexity index is 928. The van der Waals surface area contributed by atoms with Crippen LogP contribution in [-0.2, 0) is 24.3 Å². The van der Waals surface area contributed by atoms with Crippen molar-refractivity contribution in [1.82, 2.24) is 10.0 Å². The molecule has 8 nitrogen and oxygen atoms in total. The minimum absolute atomic E-state index is 0.0998. The number of fused-ring (bicyclic) bond motifs is 1. The van der Waals surface area contributed by atoms with Crippen molar-refractivity contribution >= 4 is 27.7 Å². The average Bonchev–Trinajstić information content (AvgIpc) is 2.97. The third-order valence-corrected chi connectivity index (χ3v) is 6.99. The largest absolute Gasteiger partial charge is 0.453 e. The van der Waals surface area contributed by atoms with Gasteiger partial charge in [0.05, 0.1) is 4.90 Å². The number of sulfonamides is 1. The molecule has 3 atom stereocenters. The summed E-state index contributed by atoms with van der Waals surface area (Å²) in [6.45, 7) is 3.97. The smallest absolute Gasteiger partial charge is 0.306 e. The predicted octanol–water partition coefficient (Wildman–Crippen LogP) is 2.13. The van der Waals surface area contributed by atoms with Gasteiger partial charge in [0.2, 0.25) is 0 Å². The van der Waals surface area contributed by atoms with Gasteiger partial charge in [-0.05, 0) is 44.2 Å². The number of ether oxygens (including phenoxy) is 1. The van der Waals surface area contributed by atoms with Crippen LogP contribution >= 0.6 is 0 Å². The van der Waals surface area contributed by atoms with Crippen LogP contribution in [0.5, 0.6) is 0 Å². The Morgan fingerprint density at radius 3 is 2.77 bits per heavy atom. The van der Waals surface area contributed by atoms with Gasteiger partial charge in [0.15, 0.2) is 6.10 Å². The van der Waals surface area contributed by atoms with Crippen molar-refractivity contribution in [3.63, 3.8) is 0 Å². The lowest BCUT2D eigenvalue weighted by Crippen LogP contribution is -2.45. The molecule has 2 aliphatic rings. The highest BCUT2D eigenvalue weighted by molar-refractivity contribution is 7.90. The van der Waals surface area contributed by atoms with Gasteiger partial charge in [0.25, 0.3) is 15.9 Å². The van der Waals surface area contributed by atoms with E-state index in [4.69, 9.17) is 4.74 Å². The molecule has 1 aromatic rings. The highest BCUT2D eigenvalue weighted by atomic mass is 32.2. The van der Waals surface area contributed by atoms with Crippen molar-refractivity contribution in [2.45, 2.75) is 69.4 Å². The van der Waals surface area contributed by atoms with Crippen LogP contribution < -0.4 is 10.0 Å². The van der Waals surface area contributed by atoms with Crippen molar-refractivity contribution < 1.29 is 22.7 Å². The molecule has 0 unspecified atom stereocenters. The third kappa shape index (κ3) is 5.38. The van der Waals surface area contributed by atoms with Crippen molar-refractivity contribution in [2.24, 2.45) is 10.9 Å². The minimum Gasteiger partial charge on any atom is -0.453 e. The topological polar surface area (TPSA) is 114 Å². The van der Waals surface area contributed by atoms with E-state index >= 15 is 0 Å². The van der Waals surface area contributed by atoms with E-state index in [2.05, 4.69) is 22.0 Å². The van der Waals surface area contributed by atoms with Crippen LogP contribution in [0, 0.1) is 5.92 Å². The van der Waals surface area contributed by atoms with Gasteiger partial charge in [-0.15, -0.1) is 0 Å². The summed E-state index contributed by atoms with van der Waals surface area (Å²) >= 11 is 0. The summed E-state index contributed by atoms with van der Waals surface area (Å²) < 4.78 is 31.8. The first kappa shape index (κ1) is 22.3. The lowest BCUT2D eigenvalue weighted by Gasteiger charge is -2.30. The predicted molar refractivity (Wildman–Crippen MR) is 113 cm³/mol. The maximum atomic E-state index is 12.3. The van der Waals surface area contributed by atoms with Gasteiger partial charge in [-0.1, -0.05) is 31.9 Å². The van der Waals surface area contributed by atoms with Gasteiger partial charge in [-0.25, -0.2) is 8.42 Å². The number of nitrogens with one attached hydrogen (secondary N) is 2. The van der Waals surface area contributed by atoms with E-state index in [1.54, 1.807) is 25.1 Å². The van der Waals surface area contributed by atoms with E-state index < -0.39 is 22.1 Å². The normalized spacial score (nSPS) is 24.5. The number of amidine groups is 1. The zero-order chi connectivity index (χ0) is 21.7. The molecule has 164 valence electrons. The van der Waals surface area contributed by atoms with Crippen molar-refractivity contribution in [1.29, 1.82) is 0 Å². The summed E-state index contributed by atoms with van der Waals surface area (Å²) in [5.41, 5.74) is 0.530. The lowest BCUT2D eigenvalue weighted by molar-refractivity contribution is -0.155. The van der Waals surface area contributed by atoms with E-state index in [0.717, 1.165) is 19.3 Å². The number of hydrogen-bond acceptors (Lipinski definition) is 6. The number of benzene rings is 1. The van der Waals surface area contributed by atoms with Crippen LogP contribution in [-0.4, -0.2) is 44.8 Å².